The number of carbonyl (C=O) groups is 2. The van der Waals surface area contributed by atoms with Gasteiger partial charge in [-0.1, -0.05) is 232 Å². The van der Waals surface area contributed by atoms with Gasteiger partial charge in [-0.3, -0.25) is 0 Å². The summed E-state index contributed by atoms with van der Waals surface area (Å²) >= 11 is 7.53. The van der Waals surface area contributed by atoms with Crippen molar-refractivity contribution in [3.8, 4) is 0 Å². The van der Waals surface area contributed by atoms with Crippen molar-refractivity contribution in [1.82, 2.24) is 4.31 Å². The van der Waals surface area contributed by atoms with E-state index in [0.29, 0.717) is 39.6 Å². The molecule has 1 heterocycles. The zero-order chi connectivity index (χ0) is 81.0. The molecule has 0 unspecified atom stereocenters. The van der Waals surface area contributed by atoms with Crippen LogP contribution in [0.5, 0.6) is 0 Å². The van der Waals surface area contributed by atoms with E-state index in [4.69, 9.17) is 50.3 Å². The number of guanidine groups is 1. The smallest absolute Gasteiger partial charge is 1.00 e. The molecule has 1 aliphatic heterocycles. The Hall–Kier alpha value is -5.84. The van der Waals surface area contributed by atoms with Gasteiger partial charge in [-0.15, -0.1) is 5.60 Å². The maximum absolute atomic E-state index is 14.6. The van der Waals surface area contributed by atoms with Crippen molar-refractivity contribution in [1.29, 1.82) is 0 Å². The molecule has 0 saturated heterocycles. The first-order chi connectivity index (χ1) is 49.3. The Labute approximate surface area is 796 Å². The van der Waals surface area contributed by atoms with E-state index in [2.05, 4.69) is 66.1 Å². The molecular weight excluding hydrogens is 2030 g/mol. The molecule has 17 nitrogen and oxygen atoms in total. The number of nitrogens with two attached hydrogens (primary N) is 1. The number of hydrogen-bond acceptors (Lipinski definition) is 10. The molecule has 616 valence electrons. The normalized spacial score (nSPS) is 12.5. The minimum Gasteiger partial charge on any atom is -1.00 e. The minimum atomic E-state index is -3.77. The number of benzene rings is 7. The third-order valence-electron chi connectivity index (χ3n) is 12.6. The number of alkyl halides is 10. The van der Waals surface area contributed by atoms with Gasteiger partial charge in [0.15, 0.2) is 34.1 Å². The van der Waals surface area contributed by atoms with E-state index in [1.165, 1.54) is 126 Å². The van der Waals surface area contributed by atoms with E-state index >= 15 is 0 Å². The standard InChI is InChI=1S/C20H18F2N4O2S.C11H9F2NO2.C9H6F2IN.C9H7F2NO.C9H5FIN.C7H4IN.C4H5BrF2O2.C4H9O.5CH4.B.Cu.K.Na.H/c1-20(12-29(27,28)26(3)19(23)25-20)16-10-13(4-9-17(16)21)11-18(22)14-5-7-15(24-2)8-6-14;1-3-16-10(15)11(12,13)8-4-6-9(14-2)7-5-8;1-13-8-4-2-7(3-5-8)9(10,11)6-12;1-12-8-4-2-7(3-5-8)9(10,11)6-13;1-12-8-4-2-7(3-5-8)9(10)6-11;1-9-7-4-2-6(8)3-5-7;1-2-9-3(8)4(5,6)7;1-4(2,3)5;;;;;;;;;;/h4-11H,12H2,1,3H3,(H2,23,25);4-7H,3H2,1H3;2-5H,6H2;2-5,13H,6H2;2-6H;2-5H;2H2,1H3;1-3H3;5*1H4;;;;;/q;;;;;;;-1;;;;;;;;2*+1;-1/b18-11-;;;;9-6-;;;;;;;;;;;;;/t20-;;;;;;;;;;;;;;;;;/m0................./s1. The zero-order valence-corrected chi connectivity index (χ0v) is 74.6. The number of aliphatic hydroxyl groups excluding tert-OH is 1. The number of nitrogens with zero attached hydrogens (tertiary/aromatic N) is 8. The molecule has 7 aromatic carbocycles. The fourth-order valence-electron chi connectivity index (χ4n) is 7.36. The number of rotatable bonds is 13. The number of esters is 2. The molecular formula is C78H84BBrCuF11I3KN9NaO8S. The number of aliphatic hydroxyl groups is 1. The summed E-state index contributed by atoms with van der Waals surface area (Å²) in [4.78, 5) is 40.6. The second-order valence-electron chi connectivity index (χ2n) is 21.9. The summed E-state index contributed by atoms with van der Waals surface area (Å²) in [6, 6.07) is 38.5. The van der Waals surface area contributed by atoms with Crippen LogP contribution in [0, 0.1) is 48.8 Å². The van der Waals surface area contributed by atoms with Crippen molar-refractivity contribution < 1.29 is 185 Å². The van der Waals surface area contributed by atoms with E-state index in [9.17, 15) is 71.4 Å². The van der Waals surface area contributed by atoms with Crippen LogP contribution in [0.3, 0.4) is 0 Å². The van der Waals surface area contributed by atoms with Gasteiger partial charge in [0.1, 0.15) is 29.6 Å². The molecule has 0 fully saturated rings. The molecule has 7 aromatic rings. The average Bonchev–Trinajstić information content (AvgIpc) is 0.754. The number of hydrogen-bond donors (Lipinski definition) is 2. The molecule has 0 aliphatic carbocycles. The van der Waals surface area contributed by atoms with Gasteiger partial charge in [-0.25, -0.2) is 78.3 Å². The van der Waals surface area contributed by atoms with E-state index in [0.717, 1.165) is 34.6 Å². The van der Waals surface area contributed by atoms with Crippen molar-refractivity contribution >= 4 is 172 Å². The van der Waals surface area contributed by atoms with Gasteiger partial charge < -0.3 is 26.8 Å². The number of halogens is 15. The molecule has 0 spiro atoms. The maximum atomic E-state index is 14.6. The van der Waals surface area contributed by atoms with E-state index < -0.39 is 85.3 Å². The summed E-state index contributed by atoms with van der Waals surface area (Å²) < 4.78 is 180. The van der Waals surface area contributed by atoms with Gasteiger partial charge in [0.2, 0.25) is 16.0 Å². The summed E-state index contributed by atoms with van der Waals surface area (Å²) in [5.41, 5.74) is 6.39. The molecule has 1 aliphatic rings. The van der Waals surface area contributed by atoms with Crippen LogP contribution in [-0.4, -0.2) is 91.6 Å². The summed E-state index contributed by atoms with van der Waals surface area (Å²) in [5.74, 6) is -15.0. The molecule has 115 heavy (non-hydrogen) atoms. The van der Waals surface area contributed by atoms with E-state index in [1.54, 1.807) is 67.6 Å². The van der Waals surface area contributed by atoms with Gasteiger partial charge >= 0.3 is 104 Å². The van der Waals surface area contributed by atoms with Gasteiger partial charge in [-0.2, -0.15) is 26.3 Å². The van der Waals surface area contributed by atoms with E-state index in [1.807, 2.05) is 62.8 Å². The van der Waals surface area contributed by atoms with Crippen LogP contribution in [-0.2, 0) is 69.5 Å². The van der Waals surface area contributed by atoms with Crippen LogP contribution in [0.2, 0.25) is 0 Å². The molecule has 3 N–H and O–H groups in total. The predicted octanol–water partition coefficient (Wildman–Crippen LogP) is 18.0. The average molecular weight is 2110 g/mol. The number of ether oxygens (including phenoxy) is 2. The maximum Gasteiger partial charge on any atom is 1.00 e. The number of sulfonamides is 1. The number of carbonyl (C=O) groups excluding carboxylic acids is 2. The van der Waals surface area contributed by atoms with Crippen LogP contribution in [0.25, 0.3) is 46.8 Å². The van der Waals surface area contributed by atoms with Crippen molar-refractivity contribution in [3.63, 3.8) is 0 Å². The molecule has 0 aromatic heterocycles. The van der Waals surface area contributed by atoms with Gasteiger partial charge in [0.05, 0.1) is 62.8 Å². The second-order valence-corrected chi connectivity index (χ2v) is 27.5. The van der Waals surface area contributed by atoms with Crippen molar-refractivity contribution in [2.45, 2.75) is 112 Å². The molecule has 8 rings (SSSR count). The van der Waals surface area contributed by atoms with Crippen LogP contribution >= 0.6 is 83.7 Å². The van der Waals surface area contributed by atoms with Crippen LogP contribution in [0.1, 0.15) is 119 Å². The summed E-state index contributed by atoms with van der Waals surface area (Å²) in [7, 11) is -2.50. The Balaban J connectivity index is -0.000000143. The second kappa shape index (κ2) is 61.5. The van der Waals surface area contributed by atoms with Gasteiger partial charge in [-0.05, 0) is 89.7 Å². The molecule has 0 bridgehead atoms. The first kappa shape index (κ1) is 127. The van der Waals surface area contributed by atoms with Crippen LogP contribution in [0.15, 0.2) is 173 Å². The molecule has 1 atom stereocenters. The quantitative estimate of drug-likeness (QED) is 0.0215. The monoisotopic (exact) mass is 2110 g/mol. The Morgan fingerprint density at radius 2 is 0.948 bits per heavy atom. The summed E-state index contributed by atoms with van der Waals surface area (Å²) in [6.07, 6.45) is 1.20. The largest absolute Gasteiger partial charge is 1.00 e. The molecule has 0 amide bonds. The summed E-state index contributed by atoms with van der Waals surface area (Å²) in [5, 5.41) is 18.5. The Morgan fingerprint density at radius 1 is 0.635 bits per heavy atom. The molecule has 0 saturated carbocycles. The molecule has 37 heteroatoms. The third-order valence-corrected chi connectivity index (χ3v) is 17.1. The first-order valence-electron chi connectivity index (χ1n) is 29.8. The fraction of sp³-hybridized carbons (Fsp3) is 0.295. The fourth-order valence-corrected chi connectivity index (χ4v) is 10.1. The van der Waals surface area contributed by atoms with E-state index in [-0.39, 0.29) is 202 Å². The molecule has 4 radical (unpaired) electrons. The predicted molar refractivity (Wildman–Crippen MR) is 453 cm³/mol. The first-order valence-corrected chi connectivity index (χ1v) is 36.0. The van der Waals surface area contributed by atoms with Gasteiger partial charge in [0, 0.05) is 89.5 Å². The number of aliphatic imine (C=N–C) groups is 1. The Morgan fingerprint density at radius 3 is 1.24 bits per heavy atom. The SMILES string of the molecule is C.C.C.C.C.CC(C)(C)[O-].CCOC(=O)C(F)(F)Br.[B].[C-]#[N+]c1ccc(/C(F)=C/I)cc1.[C-]#[N+]c1ccc(/C(F)=C/c2ccc(F)c([C@]3(C)CS(=O)(=O)N(C)C(N)=N3)c2)cc1.[C-]#[N+]c1ccc(C(F)(F)C(=O)OCC)cc1.[C-]#[N+]c1ccc(C(F)(F)CI)cc1.[C-]#[N+]c1ccc(C(F)(F)CO)cc1.[C-]#[N+]c1ccc(I)cc1.[Cu].[H-].[K+].[Na+]. The van der Waals surface area contributed by atoms with Gasteiger partial charge in [0.25, 0.3) is 11.8 Å². The third kappa shape index (κ3) is 46.4. The zero-order valence-electron chi connectivity index (χ0n) is 60.7. The van der Waals surface area contributed by atoms with Crippen LogP contribution in [0.4, 0.5) is 82.4 Å². The minimum absolute atomic E-state index is 0. The van der Waals surface area contributed by atoms with Crippen molar-refractivity contribution in [3.05, 3.63) is 285 Å². The Bertz CT molecular complexity index is 4490. The topological polar surface area (TPSA) is 198 Å². The van der Waals surface area contributed by atoms with Crippen molar-refractivity contribution in [2.75, 3.05) is 37.0 Å². The van der Waals surface area contributed by atoms with Crippen LogP contribution < -0.4 is 91.8 Å². The summed E-state index contributed by atoms with van der Waals surface area (Å²) in [6.45, 7) is 48.1. The van der Waals surface area contributed by atoms with Crippen molar-refractivity contribution in [2.24, 2.45) is 10.7 Å². The Kier molecular flexibility index (Phi) is 68.0.